The Bertz CT molecular complexity index is 1390. The van der Waals surface area contributed by atoms with Crippen LogP contribution in [0.2, 0.25) is 0 Å². The summed E-state index contributed by atoms with van der Waals surface area (Å²) < 4.78 is 37.8. The van der Waals surface area contributed by atoms with E-state index in [4.69, 9.17) is 9.47 Å². The van der Waals surface area contributed by atoms with Gasteiger partial charge in [-0.25, -0.2) is 18.4 Å². The molecule has 13 heteroatoms. The summed E-state index contributed by atoms with van der Waals surface area (Å²) in [6.45, 7) is 0. The minimum Gasteiger partial charge on any atom is -0.493 e. The number of hydrogen-bond donors (Lipinski definition) is 3. The highest BCUT2D eigenvalue weighted by atomic mass is 32.2. The van der Waals surface area contributed by atoms with Gasteiger partial charge in [0.25, 0.3) is 15.9 Å². The first kappa shape index (κ1) is 23.5. The fraction of sp³-hybridized carbons (Fsp3) is 0.0952. The monoisotopic (exact) mass is 517 g/mol. The Morgan fingerprint density at radius 1 is 0.941 bits per heavy atom. The fourth-order valence-electron chi connectivity index (χ4n) is 2.83. The highest BCUT2D eigenvalue weighted by Gasteiger charge is 2.16. The molecule has 1 amide bonds. The van der Waals surface area contributed by atoms with E-state index in [2.05, 4.69) is 25.3 Å². The lowest BCUT2D eigenvalue weighted by Crippen LogP contribution is -2.14. The predicted octanol–water partition coefficient (Wildman–Crippen LogP) is 4.41. The third kappa shape index (κ3) is 5.44. The van der Waals surface area contributed by atoms with E-state index >= 15 is 0 Å². The van der Waals surface area contributed by atoms with Crippen LogP contribution in [0.4, 0.5) is 21.6 Å². The molecule has 0 aliphatic carbocycles. The maximum absolute atomic E-state index is 12.6. The van der Waals surface area contributed by atoms with Gasteiger partial charge in [-0.15, -0.1) is 22.7 Å². The first-order valence-corrected chi connectivity index (χ1v) is 12.9. The summed E-state index contributed by atoms with van der Waals surface area (Å²) in [5.41, 5.74) is 1.37. The number of amides is 1. The molecule has 0 saturated carbocycles. The number of sulfonamides is 1. The summed E-state index contributed by atoms with van der Waals surface area (Å²) in [6, 6.07) is 11.1. The van der Waals surface area contributed by atoms with Gasteiger partial charge in [-0.05, 0) is 36.4 Å². The van der Waals surface area contributed by atoms with E-state index in [9.17, 15) is 13.2 Å². The average molecular weight is 518 g/mol. The van der Waals surface area contributed by atoms with Crippen molar-refractivity contribution in [3.8, 4) is 11.5 Å². The molecule has 176 valence electrons. The van der Waals surface area contributed by atoms with E-state index in [1.54, 1.807) is 37.1 Å². The van der Waals surface area contributed by atoms with Crippen molar-refractivity contribution in [2.75, 3.05) is 29.6 Å². The molecule has 4 rings (SSSR count). The van der Waals surface area contributed by atoms with Gasteiger partial charge in [0.2, 0.25) is 0 Å². The van der Waals surface area contributed by atoms with Gasteiger partial charge in [-0.1, -0.05) is 0 Å². The number of methoxy groups -OCH3 is 2. The van der Waals surface area contributed by atoms with Gasteiger partial charge in [-0.3, -0.25) is 9.52 Å². The van der Waals surface area contributed by atoms with Crippen molar-refractivity contribution in [1.82, 2.24) is 9.97 Å². The number of hydrogen-bond acceptors (Lipinski definition) is 10. The molecule has 2 aromatic heterocycles. The van der Waals surface area contributed by atoms with Gasteiger partial charge < -0.3 is 20.1 Å². The van der Waals surface area contributed by atoms with E-state index in [-0.39, 0.29) is 15.7 Å². The van der Waals surface area contributed by atoms with Crippen LogP contribution < -0.4 is 24.8 Å². The number of ether oxygens (including phenoxy) is 2. The Morgan fingerprint density at radius 3 is 2.35 bits per heavy atom. The Hall–Kier alpha value is -3.68. The standard InChI is InChI=1S/C21H19N5O5S3/c1-30-17-8-5-14(11-18(17)31-2)24-21-25-16(12-33-21)19(27)23-13-3-6-15(7-4-13)34(28,29)26-20-22-9-10-32-20/h3-12H,1-2H3,(H,22,26)(H,23,27)(H,24,25). The van der Waals surface area contributed by atoms with Crippen LogP contribution >= 0.6 is 22.7 Å². The lowest BCUT2D eigenvalue weighted by atomic mass is 10.3. The van der Waals surface area contributed by atoms with Crippen molar-refractivity contribution in [3.05, 3.63) is 65.1 Å². The number of carbonyl (C=O) groups is 1. The van der Waals surface area contributed by atoms with Crippen LogP contribution in [0.15, 0.2) is 64.3 Å². The van der Waals surface area contributed by atoms with Crippen molar-refractivity contribution in [3.63, 3.8) is 0 Å². The quantitative estimate of drug-likeness (QED) is 0.297. The van der Waals surface area contributed by atoms with E-state index in [1.807, 2.05) is 6.07 Å². The lowest BCUT2D eigenvalue weighted by Gasteiger charge is -2.09. The molecular formula is C21H19N5O5S3. The Labute approximate surface area is 203 Å². The van der Waals surface area contributed by atoms with Gasteiger partial charge in [-0.2, -0.15) is 0 Å². The van der Waals surface area contributed by atoms with Crippen molar-refractivity contribution in [2.45, 2.75) is 4.90 Å². The third-order valence-electron chi connectivity index (χ3n) is 4.45. The first-order chi connectivity index (χ1) is 16.4. The number of anilines is 4. The molecule has 2 aromatic carbocycles. The molecule has 0 aliphatic rings. The summed E-state index contributed by atoms with van der Waals surface area (Å²) in [7, 11) is -0.660. The second-order valence-corrected chi connectivity index (χ2v) is 10.1. The van der Waals surface area contributed by atoms with Crippen LogP contribution in [0.1, 0.15) is 10.5 Å². The van der Waals surface area contributed by atoms with Crippen LogP contribution in [0.25, 0.3) is 0 Å². The maximum Gasteiger partial charge on any atom is 0.275 e. The molecule has 10 nitrogen and oxygen atoms in total. The number of thiazole rings is 2. The molecule has 3 N–H and O–H groups in total. The Morgan fingerprint density at radius 2 is 1.68 bits per heavy atom. The first-order valence-electron chi connectivity index (χ1n) is 9.66. The molecule has 0 radical (unpaired) electrons. The topological polar surface area (TPSA) is 132 Å². The number of aromatic nitrogens is 2. The van der Waals surface area contributed by atoms with Gasteiger partial charge >= 0.3 is 0 Å². The fourth-order valence-corrected chi connectivity index (χ4v) is 5.33. The smallest absolute Gasteiger partial charge is 0.275 e. The molecule has 0 aliphatic heterocycles. The molecule has 0 saturated heterocycles. The zero-order valence-corrected chi connectivity index (χ0v) is 20.4. The number of nitrogens with one attached hydrogen (secondary N) is 3. The molecule has 0 bridgehead atoms. The normalized spacial score (nSPS) is 11.0. The summed E-state index contributed by atoms with van der Waals surface area (Å²) in [6.07, 6.45) is 1.51. The summed E-state index contributed by atoms with van der Waals surface area (Å²) >= 11 is 2.44. The number of rotatable bonds is 9. The second kappa shape index (κ2) is 10.1. The molecule has 2 heterocycles. The van der Waals surface area contributed by atoms with Crippen LogP contribution in [-0.2, 0) is 10.0 Å². The average Bonchev–Trinajstić information content (AvgIpc) is 3.51. The van der Waals surface area contributed by atoms with Gasteiger partial charge in [0.05, 0.1) is 19.1 Å². The lowest BCUT2D eigenvalue weighted by molar-refractivity contribution is 0.102. The van der Waals surface area contributed by atoms with Gasteiger partial charge in [0.1, 0.15) is 5.69 Å². The summed E-state index contributed by atoms with van der Waals surface area (Å²) in [4.78, 5) is 20.9. The van der Waals surface area contributed by atoms with Crippen molar-refractivity contribution in [2.24, 2.45) is 0 Å². The molecular weight excluding hydrogens is 498 g/mol. The minimum absolute atomic E-state index is 0.0516. The molecule has 34 heavy (non-hydrogen) atoms. The van der Waals surface area contributed by atoms with Crippen molar-refractivity contribution >= 4 is 60.2 Å². The highest BCUT2D eigenvalue weighted by molar-refractivity contribution is 7.93. The van der Waals surface area contributed by atoms with Crippen molar-refractivity contribution < 1.29 is 22.7 Å². The highest BCUT2D eigenvalue weighted by Crippen LogP contribution is 2.31. The van der Waals surface area contributed by atoms with E-state index < -0.39 is 15.9 Å². The van der Waals surface area contributed by atoms with Gasteiger partial charge in [0, 0.05) is 34.4 Å². The molecule has 4 aromatic rings. The number of nitrogens with zero attached hydrogens (tertiary/aromatic N) is 2. The Balaban J connectivity index is 1.40. The Kier molecular flexibility index (Phi) is 6.95. The van der Waals surface area contributed by atoms with Gasteiger partial charge in [0.15, 0.2) is 21.8 Å². The zero-order chi connectivity index (χ0) is 24.1. The zero-order valence-electron chi connectivity index (χ0n) is 17.9. The predicted molar refractivity (Wildman–Crippen MR) is 132 cm³/mol. The molecule has 0 atom stereocenters. The SMILES string of the molecule is COc1ccc(Nc2nc(C(=O)Nc3ccc(S(=O)(=O)Nc4nccs4)cc3)cs2)cc1OC. The van der Waals surface area contributed by atoms with E-state index in [0.29, 0.717) is 22.3 Å². The van der Waals surface area contributed by atoms with Crippen molar-refractivity contribution in [1.29, 1.82) is 0 Å². The second-order valence-electron chi connectivity index (χ2n) is 6.65. The summed E-state index contributed by atoms with van der Waals surface area (Å²) in [5.74, 6) is 0.743. The number of carbonyl (C=O) groups excluding carboxylic acids is 1. The minimum atomic E-state index is -3.77. The molecule has 0 spiro atoms. The molecule has 0 fully saturated rings. The van der Waals surface area contributed by atoms with E-state index in [1.165, 1.54) is 53.1 Å². The third-order valence-corrected chi connectivity index (χ3v) is 7.38. The number of benzene rings is 2. The molecule has 0 unspecified atom stereocenters. The maximum atomic E-state index is 12.6. The van der Waals surface area contributed by atoms with Crippen LogP contribution in [0.5, 0.6) is 11.5 Å². The summed E-state index contributed by atoms with van der Waals surface area (Å²) in [5, 5.41) is 9.92. The van der Waals surface area contributed by atoms with Crippen LogP contribution in [0.3, 0.4) is 0 Å². The van der Waals surface area contributed by atoms with Crippen LogP contribution in [-0.4, -0.2) is 38.5 Å². The van der Waals surface area contributed by atoms with Crippen LogP contribution in [0, 0.1) is 0 Å². The van der Waals surface area contributed by atoms with E-state index in [0.717, 1.165) is 5.69 Å². The largest absolute Gasteiger partial charge is 0.493 e.